The first-order chi connectivity index (χ1) is 7.91. The number of hydrogen-bond donors (Lipinski definition) is 1. The van der Waals surface area contributed by atoms with Crippen molar-refractivity contribution >= 4 is 11.8 Å². The van der Waals surface area contributed by atoms with Gasteiger partial charge in [0.25, 0.3) is 0 Å². The number of carbonyl (C=O) groups is 1. The fourth-order valence-electron chi connectivity index (χ4n) is 1.64. The molecule has 1 aromatic rings. The Kier molecular flexibility index (Phi) is 4.49. The second-order valence-corrected chi connectivity index (χ2v) is 4.77. The van der Waals surface area contributed by atoms with Gasteiger partial charge in [0.1, 0.15) is 5.82 Å². The summed E-state index contributed by atoms with van der Waals surface area (Å²) < 4.78 is 0. The van der Waals surface area contributed by atoms with Crippen molar-refractivity contribution in [1.29, 1.82) is 0 Å². The summed E-state index contributed by atoms with van der Waals surface area (Å²) >= 11 is 0. The highest BCUT2D eigenvalue weighted by atomic mass is 16.4. The molecule has 0 bridgehead atoms. The Labute approximate surface area is 102 Å². The molecule has 0 saturated heterocycles. The lowest BCUT2D eigenvalue weighted by Crippen LogP contribution is -2.22. The molecule has 0 atom stereocenters. The molecule has 0 aliphatic heterocycles. The Morgan fingerprint density at radius 1 is 1.53 bits per heavy atom. The second-order valence-electron chi connectivity index (χ2n) is 4.77. The number of nitrogens with zero attached hydrogens (tertiary/aromatic N) is 2. The summed E-state index contributed by atoms with van der Waals surface area (Å²) in [6.07, 6.45) is 2.51. The van der Waals surface area contributed by atoms with Gasteiger partial charge in [-0.25, -0.2) is 9.78 Å². The number of aromatic nitrogens is 1. The van der Waals surface area contributed by atoms with E-state index >= 15 is 0 Å². The number of pyridine rings is 1. The van der Waals surface area contributed by atoms with Crippen molar-refractivity contribution in [3.63, 3.8) is 0 Å². The maximum Gasteiger partial charge on any atom is 0.337 e. The SMILES string of the molecule is Cc1cc(C(=O)O)cnc1N(C)CCC(C)C. The summed E-state index contributed by atoms with van der Waals surface area (Å²) in [7, 11) is 1.98. The number of carboxylic acid groups (broad SMARTS) is 1. The van der Waals surface area contributed by atoms with E-state index in [1.54, 1.807) is 6.07 Å². The molecule has 4 nitrogen and oxygen atoms in total. The van der Waals surface area contributed by atoms with E-state index in [2.05, 4.69) is 23.7 Å². The average Bonchev–Trinajstić information content (AvgIpc) is 2.25. The van der Waals surface area contributed by atoms with E-state index in [4.69, 9.17) is 5.11 Å². The van der Waals surface area contributed by atoms with Crippen LogP contribution in [0.25, 0.3) is 0 Å². The van der Waals surface area contributed by atoms with Gasteiger partial charge in [-0.15, -0.1) is 0 Å². The molecule has 1 aromatic heterocycles. The molecule has 0 aliphatic rings. The molecule has 17 heavy (non-hydrogen) atoms. The topological polar surface area (TPSA) is 53.4 Å². The van der Waals surface area contributed by atoms with E-state index < -0.39 is 5.97 Å². The van der Waals surface area contributed by atoms with E-state index in [-0.39, 0.29) is 5.56 Å². The predicted molar refractivity (Wildman–Crippen MR) is 68.7 cm³/mol. The third kappa shape index (κ3) is 3.73. The van der Waals surface area contributed by atoms with Gasteiger partial charge < -0.3 is 10.0 Å². The molecule has 1 heterocycles. The van der Waals surface area contributed by atoms with Crippen LogP contribution in [0, 0.1) is 12.8 Å². The van der Waals surface area contributed by atoms with Gasteiger partial charge in [-0.05, 0) is 30.9 Å². The number of aromatic carboxylic acids is 1. The average molecular weight is 236 g/mol. The molecule has 0 aromatic carbocycles. The van der Waals surface area contributed by atoms with Gasteiger partial charge in [0.15, 0.2) is 0 Å². The van der Waals surface area contributed by atoms with Gasteiger partial charge in [0.05, 0.1) is 5.56 Å². The first-order valence-electron chi connectivity index (χ1n) is 5.83. The van der Waals surface area contributed by atoms with E-state index in [9.17, 15) is 4.79 Å². The lowest BCUT2D eigenvalue weighted by Gasteiger charge is -2.21. The summed E-state index contributed by atoms with van der Waals surface area (Å²) in [6.45, 7) is 7.18. The van der Waals surface area contributed by atoms with Gasteiger partial charge in [-0.1, -0.05) is 13.8 Å². The third-order valence-electron chi connectivity index (χ3n) is 2.70. The van der Waals surface area contributed by atoms with Crippen molar-refractivity contribution in [2.75, 3.05) is 18.5 Å². The number of rotatable bonds is 5. The van der Waals surface area contributed by atoms with Crippen molar-refractivity contribution in [3.8, 4) is 0 Å². The van der Waals surface area contributed by atoms with Gasteiger partial charge in [-0.3, -0.25) is 0 Å². The van der Waals surface area contributed by atoms with Crippen LogP contribution in [0.3, 0.4) is 0 Å². The van der Waals surface area contributed by atoms with Crippen molar-refractivity contribution in [1.82, 2.24) is 4.98 Å². The van der Waals surface area contributed by atoms with Gasteiger partial charge in [0, 0.05) is 19.8 Å². The van der Waals surface area contributed by atoms with Gasteiger partial charge in [-0.2, -0.15) is 0 Å². The van der Waals surface area contributed by atoms with Crippen molar-refractivity contribution < 1.29 is 9.90 Å². The molecule has 0 saturated carbocycles. The summed E-state index contributed by atoms with van der Waals surface area (Å²) in [6, 6.07) is 1.66. The highest BCUT2D eigenvalue weighted by molar-refractivity contribution is 5.87. The Morgan fingerprint density at radius 2 is 2.18 bits per heavy atom. The highest BCUT2D eigenvalue weighted by Crippen LogP contribution is 2.17. The standard InChI is InChI=1S/C13H20N2O2/c1-9(2)5-6-15(4)12-10(3)7-11(8-14-12)13(16)17/h7-9H,5-6H2,1-4H3,(H,16,17). The van der Waals surface area contributed by atoms with Crippen LogP contribution in [0.2, 0.25) is 0 Å². The maximum absolute atomic E-state index is 10.8. The quantitative estimate of drug-likeness (QED) is 0.853. The molecule has 0 amide bonds. The normalized spacial score (nSPS) is 10.6. The lowest BCUT2D eigenvalue weighted by atomic mass is 10.1. The minimum atomic E-state index is -0.933. The second kappa shape index (κ2) is 5.66. The summed E-state index contributed by atoms with van der Waals surface area (Å²) in [5.41, 5.74) is 1.14. The first-order valence-corrected chi connectivity index (χ1v) is 5.83. The summed E-state index contributed by atoms with van der Waals surface area (Å²) in [4.78, 5) is 17.1. The fourth-order valence-corrected chi connectivity index (χ4v) is 1.64. The monoisotopic (exact) mass is 236 g/mol. The van der Waals surface area contributed by atoms with Crippen LogP contribution in [0.1, 0.15) is 36.2 Å². The van der Waals surface area contributed by atoms with Crippen LogP contribution < -0.4 is 4.90 Å². The molecule has 1 N–H and O–H groups in total. The zero-order chi connectivity index (χ0) is 13.0. The largest absolute Gasteiger partial charge is 0.478 e. The molecule has 4 heteroatoms. The third-order valence-corrected chi connectivity index (χ3v) is 2.70. The van der Waals surface area contributed by atoms with Crippen LogP contribution in [-0.4, -0.2) is 29.7 Å². The number of hydrogen-bond acceptors (Lipinski definition) is 3. The Balaban J connectivity index is 2.81. The van der Waals surface area contributed by atoms with Gasteiger partial charge in [0.2, 0.25) is 0 Å². The molecular formula is C13H20N2O2. The maximum atomic E-state index is 10.8. The fraction of sp³-hybridized carbons (Fsp3) is 0.538. The molecule has 0 unspecified atom stereocenters. The molecule has 0 spiro atoms. The van der Waals surface area contributed by atoms with E-state index in [1.807, 2.05) is 14.0 Å². The van der Waals surface area contributed by atoms with Crippen LogP contribution in [0.15, 0.2) is 12.3 Å². The highest BCUT2D eigenvalue weighted by Gasteiger charge is 2.10. The Morgan fingerprint density at radius 3 is 2.65 bits per heavy atom. The molecule has 0 radical (unpaired) electrons. The summed E-state index contributed by atoms with van der Waals surface area (Å²) in [5, 5.41) is 8.86. The zero-order valence-electron chi connectivity index (χ0n) is 10.9. The minimum Gasteiger partial charge on any atom is -0.478 e. The number of carboxylic acids is 1. The Bertz CT molecular complexity index is 402. The van der Waals surface area contributed by atoms with Crippen molar-refractivity contribution in [2.45, 2.75) is 27.2 Å². The van der Waals surface area contributed by atoms with Crippen molar-refractivity contribution in [3.05, 3.63) is 23.4 Å². The molecular weight excluding hydrogens is 216 g/mol. The van der Waals surface area contributed by atoms with Crippen LogP contribution in [0.5, 0.6) is 0 Å². The van der Waals surface area contributed by atoms with Gasteiger partial charge >= 0.3 is 5.97 Å². The van der Waals surface area contributed by atoms with E-state index in [0.29, 0.717) is 5.92 Å². The smallest absolute Gasteiger partial charge is 0.337 e. The predicted octanol–water partition coefficient (Wildman–Crippen LogP) is 2.57. The van der Waals surface area contributed by atoms with E-state index in [1.165, 1.54) is 6.20 Å². The van der Waals surface area contributed by atoms with Crippen LogP contribution >= 0.6 is 0 Å². The number of anilines is 1. The first kappa shape index (κ1) is 13.5. The molecule has 0 fully saturated rings. The molecule has 0 aliphatic carbocycles. The number of aryl methyl sites for hydroxylation is 1. The van der Waals surface area contributed by atoms with Crippen LogP contribution in [0.4, 0.5) is 5.82 Å². The minimum absolute atomic E-state index is 0.239. The van der Waals surface area contributed by atoms with Crippen molar-refractivity contribution in [2.24, 2.45) is 5.92 Å². The van der Waals surface area contributed by atoms with Crippen LogP contribution in [-0.2, 0) is 0 Å². The zero-order valence-corrected chi connectivity index (χ0v) is 10.9. The molecule has 1 rings (SSSR count). The Hall–Kier alpha value is -1.58. The summed E-state index contributed by atoms with van der Waals surface area (Å²) in [5.74, 6) is 0.573. The van der Waals surface area contributed by atoms with E-state index in [0.717, 1.165) is 24.3 Å². The molecule has 94 valence electrons. The lowest BCUT2D eigenvalue weighted by molar-refractivity contribution is 0.0696.